The Morgan fingerprint density at radius 3 is 3.00 bits per heavy atom. The molecule has 108 valence electrons. The van der Waals surface area contributed by atoms with Gasteiger partial charge in [-0.2, -0.15) is 5.26 Å². The minimum absolute atomic E-state index is 0.0376. The third-order valence-electron chi connectivity index (χ3n) is 2.73. The Labute approximate surface area is 129 Å². The molecule has 0 spiro atoms. The molecule has 0 radical (unpaired) electrons. The maximum Gasteiger partial charge on any atom is 0.308 e. The Hall–Kier alpha value is -1.91. The summed E-state index contributed by atoms with van der Waals surface area (Å²) in [5.74, 6) is -0.833. The van der Waals surface area contributed by atoms with Gasteiger partial charge in [0.1, 0.15) is 5.82 Å². The number of benzene rings is 1. The topological polar surface area (TPSA) is 74.0 Å². The number of thiazole rings is 1. The summed E-state index contributed by atoms with van der Waals surface area (Å²) in [6.45, 7) is 1.78. The zero-order chi connectivity index (χ0) is 15.4. The molecule has 1 heterocycles. The number of aliphatic carboxylic acids is 1. The first kappa shape index (κ1) is 15.5. The lowest BCUT2D eigenvalue weighted by Crippen LogP contribution is -1.99. The number of hydrogen-bond acceptors (Lipinski definition) is 5. The molecule has 0 aliphatic rings. The average molecular weight is 322 g/mol. The van der Waals surface area contributed by atoms with Crippen molar-refractivity contribution >= 4 is 29.1 Å². The van der Waals surface area contributed by atoms with Crippen LogP contribution in [0.2, 0.25) is 0 Å². The van der Waals surface area contributed by atoms with Gasteiger partial charge in [-0.05, 0) is 24.6 Å². The molecule has 0 fully saturated rings. The van der Waals surface area contributed by atoms with E-state index in [4.69, 9.17) is 10.4 Å². The first-order chi connectivity index (χ1) is 9.99. The van der Waals surface area contributed by atoms with Gasteiger partial charge in [0.2, 0.25) is 0 Å². The zero-order valence-corrected chi connectivity index (χ0v) is 12.7. The lowest BCUT2D eigenvalue weighted by Gasteiger charge is -2.02. The Morgan fingerprint density at radius 1 is 1.57 bits per heavy atom. The molecule has 0 saturated carbocycles. The molecule has 0 amide bonds. The Morgan fingerprint density at radius 2 is 2.33 bits per heavy atom. The average Bonchev–Trinajstić information content (AvgIpc) is 2.77. The van der Waals surface area contributed by atoms with Gasteiger partial charge in [-0.1, -0.05) is 17.8 Å². The molecule has 0 aliphatic carbocycles. The number of carbonyl (C=O) groups is 1. The highest BCUT2D eigenvalue weighted by atomic mass is 32.2. The molecular formula is C14H11FN2O2S2. The molecule has 0 bridgehead atoms. The molecule has 0 unspecified atom stereocenters. The van der Waals surface area contributed by atoms with E-state index in [9.17, 15) is 9.18 Å². The third-order valence-corrected chi connectivity index (χ3v) is 5.08. The van der Waals surface area contributed by atoms with E-state index in [-0.39, 0.29) is 6.42 Å². The number of hydrogen-bond donors (Lipinski definition) is 1. The van der Waals surface area contributed by atoms with Crippen molar-refractivity contribution in [3.63, 3.8) is 0 Å². The number of carboxylic acid groups (broad SMARTS) is 1. The van der Waals surface area contributed by atoms with Crippen molar-refractivity contribution in [1.29, 1.82) is 5.26 Å². The Kier molecular flexibility index (Phi) is 4.94. The molecule has 2 aromatic rings. The van der Waals surface area contributed by atoms with Crippen LogP contribution in [-0.4, -0.2) is 16.1 Å². The van der Waals surface area contributed by atoms with Crippen LogP contribution in [0.25, 0.3) is 0 Å². The van der Waals surface area contributed by atoms with E-state index in [1.54, 1.807) is 13.0 Å². The van der Waals surface area contributed by atoms with E-state index in [0.29, 0.717) is 17.0 Å². The van der Waals surface area contributed by atoms with Gasteiger partial charge in [0.25, 0.3) is 0 Å². The number of aromatic nitrogens is 1. The fourth-order valence-corrected chi connectivity index (χ4v) is 3.91. The van der Waals surface area contributed by atoms with Gasteiger partial charge in [-0.15, -0.1) is 11.3 Å². The fourth-order valence-electron chi connectivity index (χ4n) is 1.68. The van der Waals surface area contributed by atoms with E-state index < -0.39 is 11.8 Å². The Bertz CT molecular complexity index is 722. The first-order valence-corrected chi connectivity index (χ1v) is 7.79. The second kappa shape index (κ2) is 6.70. The molecule has 1 N–H and O–H groups in total. The van der Waals surface area contributed by atoms with Crippen molar-refractivity contribution in [2.75, 3.05) is 0 Å². The monoisotopic (exact) mass is 322 g/mol. The van der Waals surface area contributed by atoms with Crippen LogP contribution in [0.1, 0.15) is 21.7 Å². The molecule has 4 nitrogen and oxygen atoms in total. The summed E-state index contributed by atoms with van der Waals surface area (Å²) in [5.41, 5.74) is 1.75. The van der Waals surface area contributed by atoms with Crippen molar-refractivity contribution in [3.05, 3.63) is 45.7 Å². The lowest BCUT2D eigenvalue weighted by molar-refractivity contribution is -0.136. The Balaban J connectivity index is 2.10. The number of nitrogens with zero attached hydrogens (tertiary/aromatic N) is 2. The van der Waals surface area contributed by atoms with Crippen molar-refractivity contribution in [2.45, 2.75) is 23.4 Å². The van der Waals surface area contributed by atoms with Crippen molar-refractivity contribution in [3.8, 4) is 6.07 Å². The second-order valence-electron chi connectivity index (χ2n) is 4.26. The number of halogens is 1. The van der Waals surface area contributed by atoms with Crippen LogP contribution in [0, 0.1) is 24.1 Å². The van der Waals surface area contributed by atoms with Gasteiger partial charge >= 0.3 is 5.97 Å². The molecule has 1 aromatic carbocycles. The van der Waals surface area contributed by atoms with Crippen molar-refractivity contribution in [2.24, 2.45) is 0 Å². The smallest absolute Gasteiger partial charge is 0.308 e. The normalized spacial score (nSPS) is 10.3. The molecule has 0 saturated heterocycles. The quantitative estimate of drug-likeness (QED) is 0.854. The summed E-state index contributed by atoms with van der Waals surface area (Å²) in [7, 11) is 0. The highest BCUT2D eigenvalue weighted by Crippen LogP contribution is 2.30. The number of thioether (sulfide) groups is 1. The van der Waals surface area contributed by atoms with Crippen LogP contribution in [0.3, 0.4) is 0 Å². The summed E-state index contributed by atoms with van der Waals surface area (Å²) in [5, 5.41) is 17.8. The van der Waals surface area contributed by atoms with E-state index in [1.165, 1.54) is 35.2 Å². The predicted molar refractivity (Wildman–Crippen MR) is 78.9 cm³/mol. The fraction of sp³-hybridized carbons (Fsp3) is 0.214. The minimum atomic E-state index is -0.886. The van der Waals surface area contributed by atoms with Crippen LogP contribution >= 0.6 is 23.1 Å². The standard InChI is InChI=1S/C14H11FN2O2S2/c1-8-12(5-13(18)19)21-14(17-8)20-7-9-2-3-11(15)4-10(9)6-16/h2-4H,5,7H2,1H3,(H,18,19). The van der Waals surface area contributed by atoms with Crippen molar-refractivity contribution in [1.82, 2.24) is 4.98 Å². The summed E-state index contributed by atoms with van der Waals surface area (Å²) in [6.07, 6.45) is -0.0376. The molecule has 1 aromatic heterocycles. The van der Waals surface area contributed by atoms with Gasteiger partial charge < -0.3 is 5.11 Å². The molecule has 2 rings (SSSR count). The molecule has 0 aliphatic heterocycles. The number of rotatable bonds is 5. The third kappa shape index (κ3) is 4.03. The summed E-state index contributed by atoms with van der Waals surface area (Å²) in [4.78, 5) is 15.8. The maximum atomic E-state index is 13.1. The molecule has 0 atom stereocenters. The predicted octanol–water partition coefficient (Wildman–Crippen LogP) is 3.38. The van der Waals surface area contributed by atoms with E-state index in [1.807, 2.05) is 6.07 Å². The van der Waals surface area contributed by atoms with Gasteiger partial charge in [0.05, 0.1) is 23.7 Å². The van der Waals surface area contributed by atoms with Crippen LogP contribution in [0.4, 0.5) is 4.39 Å². The SMILES string of the molecule is Cc1nc(SCc2ccc(F)cc2C#N)sc1CC(=O)O. The maximum absolute atomic E-state index is 13.1. The van der Waals surface area contributed by atoms with Gasteiger partial charge in [0, 0.05) is 10.6 Å². The van der Waals surface area contributed by atoms with Crippen LogP contribution in [-0.2, 0) is 17.0 Å². The first-order valence-electron chi connectivity index (χ1n) is 5.99. The van der Waals surface area contributed by atoms with E-state index in [2.05, 4.69) is 4.98 Å². The zero-order valence-electron chi connectivity index (χ0n) is 11.1. The van der Waals surface area contributed by atoms with Crippen LogP contribution < -0.4 is 0 Å². The molecule has 21 heavy (non-hydrogen) atoms. The summed E-state index contributed by atoms with van der Waals surface area (Å²) < 4.78 is 13.8. The molecule has 7 heteroatoms. The number of carboxylic acids is 1. The van der Waals surface area contributed by atoms with Crippen LogP contribution in [0.15, 0.2) is 22.5 Å². The van der Waals surface area contributed by atoms with E-state index >= 15 is 0 Å². The minimum Gasteiger partial charge on any atom is -0.481 e. The van der Waals surface area contributed by atoms with Gasteiger partial charge in [-0.25, -0.2) is 9.37 Å². The van der Waals surface area contributed by atoms with Gasteiger partial charge in [0.15, 0.2) is 4.34 Å². The van der Waals surface area contributed by atoms with E-state index in [0.717, 1.165) is 14.8 Å². The highest BCUT2D eigenvalue weighted by molar-refractivity contribution is 8.00. The van der Waals surface area contributed by atoms with Gasteiger partial charge in [-0.3, -0.25) is 4.79 Å². The summed E-state index contributed by atoms with van der Waals surface area (Å²) >= 11 is 2.75. The lowest BCUT2D eigenvalue weighted by atomic mass is 10.1. The molecular weight excluding hydrogens is 311 g/mol. The van der Waals surface area contributed by atoms with Crippen molar-refractivity contribution < 1.29 is 14.3 Å². The number of aryl methyl sites for hydroxylation is 1. The largest absolute Gasteiger partial charge is 0.481 e. The second-order valence-corrected chi connectivity index (χ2v) is 6.57. The highest BCUT2D eigenvalue weighted by Gasteiger charge is 2.12. The number of nitriles is 1. The van der Waals surface area contributed by atoms with Crippen LogP contribution in [0.5, 0.6) is 0 Å². The summed E-state index contributed by atoms with van der Waals surface area (Å²) in [6, 6.07) is 6.08.